The van der Waals surface area contributed by atoms with Crippen LogP contribution in [0.1, 0.15) is 53.9 Å². The van der Waals surface area contributed by atoms with Gasteiger partial charge in [0.15, 0.2) is 0 Å². The predicted molar refractivity (Wildman–Crippen MR) is 61.0 cm³/mol. The molecule has 0 spiro atoms. The van der Waals surface area contributed by atoms with Crippen LogP contribution >= 0.6 is 0 Å². The van der Waals surface area contributed by atoms with E-state index in [2.05, 4.69) is 39.9 Å². The lowest BCUT2D eigenvalue weighted by atomic mass is 10.0. The van der Waals surface area contributed by atoms with Crippen LogP contribution in [0.2, 0.25) is 0 Å². The number of nitrogens with one attached hydrogen (secondary N) is 1. The molecule has 80 valence electrons. The molecule has 0 amide bonds. The summed E-state index contributed by atoms with van der Waals surface area (Å²) in [5, 5.41) is 3.58. The average molecular weight is 185 g/mol. The molecular weight excluding hydrogens is 158 g/mol. The first kappa shape index (κ1) is 13.0. The molecule has 2 unspecified atom stereocenters. The normalized spacial score (nSPS) is 16.2. The Kier molecular flexibility index (Phi) is 7.35. The molecule has 0 radical (unpaired) electrons. The summed E-state index contributed by atoms with van der Waals surface area (Å²) in [6.45, 7) is 12.6. The van der Waals surface area contributed by atoms with Gasteiger partial charge < -0.3 is 5.32 Å². The van der Waals surface area contributed by atoms with Gasteiger partial charge >= 0.3 is 0 Å². The number of hydrogen-bond acceptors (Lipinski definition) is 1. The highest BCUT2D eigenvalue weighted by atomic mass is 14.9. The molecule has 0 saturated heterocycles. The van der Waals surface area contributed by atoms with Crippen molar-refractivity contribution in [3.63, 3.8) is 0 Å². The summed E-state index contributed by atoms with van der Waals surface area (Å²) in [5.74, 6) is 1.69. The third-order valence-corrected chi connectivity index (χ3v) is 2.67. The zero-order chi connectivity index (χ0) is 10.3. The van der Waals surface area contributed by atoms with E-state index in [1.807, 2.05) is 0 Å². The highest BCUT2D eigenvalue weighted by molar-refractivity contribution is 4.64. The zero-order valence-electron chi connectivity index (χ0n) is 10.1. The first-order valence-corrected chi connectivity index (χ1v) is 5.79. The van der Waals surface area contributed by atoms with E-state index in [0.717, 1.165) is 11.8 Å². The molecule has 0 rings (SSSR count). The van der Waals surface area contributed by atoms with Crippen LogP contribution < -0.4 is 5.32 Å². The van der Waals surface area contributed by atoms with Gasteiger partial charge in [0.05, 0.1) is 0 Å². The second-order valence-corrected chi connectivity index (χ2v) is 4.79. The lowest BCUT2D eigenvalue weighted by Gasteiger charge is -2.18. The maximum atomic E-state index is 3.58. The summed E-state index contributed by atoms with van der Waals surface area (Å²) in [6.07, 6.45) is 3.91. The molecule has 0 fully saturated rings. The van der Waals surface area contributed by atoms with Gasteiger partial charge in [-0.2, -0.15) is 0 Å². The molecule has 0 aromatic carbocycles. The Bertz CT molecular complexity index is 110. The van der Waals surface area contributed by atoms with Crippen LogP contribution in [0.25, 0.3) is 0 Å². The van der Waals surface area contributed by atoms with E-state index in [-0.39, 0.29) is 0 Å². The fourth-order valence-electron chi connectivity index (χ4n) is 1.47. The van der Waals surface area contributed by atoms with Crippen molar-refractivity contribution >= 4 is 0 Å². The lowest BCUT2D eigenvalue weighted by molar-refractivity contribution is 0.400. The second-order valence-electron chi connectivity index (χ2n) is 4.79. The third kappa shape index (κ3) is 8.29. The molecule has 0 bridgehead atoms. The van der Waals surface area contributed by atoms with Gasteiger partial charge in [-0.05, 0) is 38.1 Å². The maximum Gasteiger partial charge on any atom is 0.00412 e. The van der Waals surface area contributed by atoms with E-state index < -0.39 is 0 Å². The van der Waals surface area contributed by atoms with E-state index in [0.29, 0.717) is 6.04 Å². The highest BCUT2D eigenvalue weighted by Gasteiger charge is 2.06. The number of rotatable bonds is 7. The van der Waals surface area contributed by atoms with Crippen molar-refractivity contribution in [1.82, 2.24) is 5.32 Å². The minimum absolute atomic E-state index is 0.689. The summed E-state index contributed by atoms with van der Waals surface area (Å²) < 4.78 is 0. The minimum Gasteiger partial charge on any atom is -0.314 e. The monoisotopic (exact) mass is 185 g/mol. The third-order valence-electron chi connectivity index (χ3n) is 2.67. The summed E-state index contributed by atoms with van der Waals surface area (Å²) in [6, 6.07) is 0.689. The summed E-state index contributed by atoms with van der Waals surface area (Å²) in [7, 11) is 0. The van der Waals surface area contributed by atoms with E-state index in [4.69, 9.17) is 0 Å². The largest absolute Gasteiger partial charge is 0.314 e. The van der Waals surface area contributed by atoms with E-state index in [9.17, 15) is 0 Å². The molecule has 0 aromatic rings. The Morgan fingerprint density at radius 1 is 1.08 bits per heavy atom. The maximum absolute atomic E-state index is 3.58. The van der Waals surface area contributed by atoms with Crippen LogP contribution in [-0.2, 0) is 0 Å². The Labute approximate surface area is 84.3 Å². The molecule has 2 atom stereocenters. The Hall–Kier alpha value is -0.0400. The van der Waals surface area contributed by atoms with Crippen LogP contribution in [0.15, 0.2) is 0 Å². The summed E-state index contributed by atoms with van der Waals surface area (Å²) >= 11 is 0. The van der Waals surface area contributed by atoms with Crippen molar-refractivity contribution < 1.29 is 0 Å². The van der Waals surface area contributed by atoms with Crippen molar-refractivity contribution in [2.45, 2.75) is 59.9 Å². The Morgan fingerprint density at radius 3 is 2.15 bits per heavy atom. The topological polar surface area (TPSA) is 12.0 Å². The SMILES string of the molecule is CCC(C)CC(C)NCCC(C)C. The van der Waals surface area contributed by atoms with Gasteiger partial charge in [-0.3, -0.25) is 0 Å². The van der Waals surface area contributed by atoms with Gasteiger partial charge in [0.1, 0.15) is 0 Å². The van der Waals surface area contributed by atoms with Gasteiger partial charge in [-0.25, -0.2) is 0 Å². The van der Waals surface area contributed by atoms with Crippen LogP contribution in [0.5, 0.6) is 0 Å². The Balaban J connectivity index is 3.34. The van der Waals surface area contributed by atoms with Gasteiger partial charge in [0.25, 0.3) is 0 Å². The predicted octanol–water partition coefficient (Wildman–Crippen LogP) is 3.45. The van der Waals surface area contributed by atoms with E-state index in [1.54, 1.807) is 0 Å². The van der Waals surface area contributed by atoms with Gasteiger partial charge in [-0.1, -0.05) is 34.1 Å². The molecular formula is C12H27N. The molecule has 0 aromatic heterocycles. The molecule has 1 nitrogen and oxygen atoms in total. The van der Waals surface area contributed by atoms with Gasteiger partial charge in [0.2, 0.25) is 0 Å². The first-order valence-electron chi connectivity index (χ1n) is 5.79. The van der Waals surface area contributed by atoms with Gasteiger partial charge in [-0.15, -0.1) is 0 Å². The highest BCUT2D eigenvalue weighted by Crippen LogP contribution is 2.09. The smallest absolute Gasteiger partial charge is 0.00412 e. The van der Waals surface area contributed by atoms with Gasteiger partial charge in [0, 0.05) is 6.04 Å². The van der Waals surface area contributed by atoms with Crippen molar-refractivity contribution in [3.05, 3.63) is 0 Å². The first-order chi connectivity index (χ1) is 6.06. The molecule has 13 heavy (non-hydrogen) atoms. The fourth-order valence-corrected chi connectivity index (χ4v) is 1.47. The molecule has 1 heteroatoms. The van der Waals surface area contributed by atoms with Crippen LogP contribution in [0.4, 0.5) is 0 Å². The molecule has 0 aliphatic heterocycles. The summed E-state index contributed by atoms with van der Waals surface area (Å²) in [5.41, 5.74) is 0. The minimum atomic E-state index is 0.689. The van der Waals surface area contributed by atoms with Crippen molar-refractivity contribution in [1.29, 1.82) is 0 Å². The molecule has 0 saturated carbocycles. The van der Waals surface area contributed by atoms with Crippen LogP contribution in [0.3, 0.4) is 0 Å². The molecule has 0 aliphatic rings. The van der Waals surface area contributed by atoms with Crippen LogP contribution in [-0.4, -0.2) is 12.6 Å². The Morgan fingerprint density at radius 2 is 1.69 bits per heavy atom. The van der Waals surface area contributed by atoms with Crippen LogP contribution in [0, 0.1) is 11.8 Å². The average Bonchev–Trinajstić information content (AvgIpc) is 2.03. The van der Waals surface area contributed by atoms with Crippen molar-refractivity contribution in [3.8, 4) is 0 Å². The quantitative estimate of drug-likeness (QED) is 0.640. The van der Waals surface area contributed by atoms with E-state index >= 15 is 0 Å². The van der Waals surface area contributed by atoms with Crippen molar-refractivity contribution in [2.75, 3.05) is 6.54 Å². The standard InChI is InChI=1S/C12H27N/c1-6-11(4)9-12(5)13-8-7-10(2)3/h10-13H,6-9H2,1-5H3. The molecule has 1 N–H and O–H groups in total. The number of hydrogen-bond donors (Lipinski definition) is 1. The summed E-state index contributed by atoms with van der Waals surface area (Å²) in [4.78, 5) is 0. The molecule has 0 aliphatic carbocycles. The second kappa shape index (κ2) is 7.37. The lowest BCUT2D eigenvalue weighted by Crippen LogP contribution is -2.29. The zero-order valence-corrected chi connectivity index (χ0v) is 10.1. The molecule has 0 heterocycles. The van der Waals surface area contributed by atoms with E-state index in [1.165, 1.54) is 25.8 Å². The van der Waals surface area contributed by atoms with Crippen molar-refractivity contribution in [2.24, 2.45) is 11.8 Å². The fraction of sp³-hybridized carbons (Fsp3) is 1.00.